The van der Waals surface area contributed by atoms with Gasteiger partial charge in [0.1, 0.15) is 0 Å². The highest BCUT2D eigenvalue weighted by Crippen LogP contribution is 2.33. The topological polar surface area (TPSA) is 37.4 Å². The second kappa shape index (κ2) is 3.91. The largest absolute Gasteiger partial charge is 0.312 e. The molecule has 0 aromatic heterocycles. The summed E-state index contributed by atoms with van der Waals surface area (Å²) in [6, 6.07) is 5.96. The molecule has 0 atom stereocenters. The van der Waals surface area contributed by atoms with Crippen LogP contribution in [0.2, 0.25) is 0 Å². The van der Waals surface area contributed by atoms with Crippen LogP contribution >= 0.6 is 0 Å². The van der Waals surface area contributed by atoms with Crippen LogP contribution in [0, 0.1) is 0 Å². The predicted molar refractivity (Wildman–Crippen MR) is 58.4 cm³/mol. The molecule has 0 unspecified atom stereocenters. The molecule has 1 aromatic rings. The predicted octanol–water partition coefficient (Wildman–Crippen LogP) is 2.26. The summed E-state index contributed by atoms with van der Waals surface area (Å²) in [4.78, 5) is 24.3. The normalized spacial score (nSPS) is 18.5. The van der Waals surface area contributed by atoms with Crippen molar-refractivity contribution in [1.82, 2.24) is 0 Å². The summed E-state index contributed by atoms with van der Waals surface area (Å²) >= 11 is 0. The lowest BCUT2D eigenvalue weighted by molar-refractivity contribution is -0.116. The van der Waals surface area contributed by atoms with E-state index >= 15 is 0 Å². The maximum Gasteiger partial charge on any atom is 0.311 e. The van der Waals surface area contributed by atoms with Gasteiger partial charge in [-0.3, -0.25) is 9.59 Å². The van der Waals surface area contributed by atoms with Gasteiger partial charge in [0.15, 0.2) is 0 Å². The molecule has 0 fully saturated rings. The number of rotatable bonds is 0. The summed E-state index contributed by atoms with van der Waals surface area (Å²) in [6.45, 7) is 1.15. The summed E-state index contributed by atoms with van der Waals surface area (Å²) in [5.41, 5.74) is 0.173. The molecule has 17 heavy (non-hydrogen) atoms. The molecule has 0 N–H and O–H groups in total. The highest BCUT2D eigenvalue weighted by molar-refractivity contribution is 6.09. The van der Waals surface area contributed by atoms with Crippen LogP contribution in [0.5, 0.6) is 0 Å². The SMILES string of the molecule is CC(=O)N1CCC(F)(F)C(=O)c2ccccc21. The van der Waals surface area contributed by atoms with Crippen molar-refractivity contribution in [2.75, 3.05) is 11.4 Å². The van der Waals surface area contributed by atoms with Crippen molar-refractivity contribution >= 4 is 17.4 Å². The molecule has 2 rings (SSSR count). The maximum absolute atomic E-state index is 13.5. The molecule has 1 amide bonds. The van der Waals surface area contributed by atoms with E-state index in [1.807, 2.05) is 0 Å². The number of ketones is 1. The van der Waals surface area contributed by atoms with Crippen LogP contribution in [-0.4, -0.2) is 24.2 Å². The number of halogens is 2. The number of fused-ring (bicyclic) bond motifs is 1. The van der Waals surface area contributed by atoms with E-state index in [0.717, 1.165) is 0 Å². The van der Waals surface area contributed by atoms with Crippen LogP contribution in [-0.2, 0) is 4.79 Å². The van der Waals surface area contributed by atoms with Gasteiger partial charge in [-0.15, -0.1) is 0 Å². The molecular weight excluding hydrogens is 228 g/mol. The lowest BCUT2D eigenvalue weighted by Crippen LogP contribution is -2.32. The standard InChI is InChI=1S/C12H11F2NO2/c1-8(16)15-7-6-12(13,14)11(17)9-4-2-3-5-10(9)15/h2-5H,6-7H2,1H3. The number of hydrogen-bond donors (Lipinski definition) is 0. The van der Waals surface area contributed by atoms with Crippen LogP contribution in [0.4, 0.5) is 14.5 Å². The molecule has 0 bridgehead atoms. The number of anilines is 1. The molecule has 0 aliphatic carbocycles. The highest BCUT2D eigenvalue weighted by Gasteiger charge is 2.43. The molecule has 1 aliphatic heterocycles. The first-order chi connectivity index (χ1) is 7.93. The fourth-order valence-electron chi connectivity index (χ4n) is 1.91. The molecular formula is C12H11F2NO2. The molecule has 1 heterocycles. The van der Waals surface area contributed by atoms with Gasteiger partial charge >= 0.3 is 5.92 Å². The van der Waals surface area contributed by atoms with Gasteiger partial charge < -0.3 is 4.90 Å². The number of Topliss-reactive ketones (excluding diaryl/α,β-unsaturated/α-hetero) is 1. The van der Waals surface area contributed by atoms with Gasteiger partial charge in [0, 0.05) is 25.5 Å². The summed E-state index contributed by atoms with van der Waals surface area (Å²) in [5, 5.41) is 0. The number of carbonyl (C=O) groups excluding carboxylic acids is 2. The molecule has 3 nitrogen and oxygen atoms in total. The first kappa shape index (κ1) is 11.7. The fraction of sp³-hybridized carbons (Fsp3) is 0.333. The molecule has 5 heteroatoms. The van der Waals surface area contributed by atoms with Gasteiger partial charge in [-0.1, -0.05) is 12.1 Å². The Morgan fingerprint density at radius 2 is 2.00 bits per heavy atom. The summed E-state index contributed by atoms with van der Waals surface area (Å²) in [6.07, 6.45) is -0.639. The monoisotopic (exact) mass is 239 g/mol. The number of carbonyl (C=O) groups is 2. The van der Waals surface area contributed by atoms with E-state index in [-0.39, 0.29) is 23.7 Å². The van der Waals surface area contributed by atoms with E-state index in [9.17, 15) is 18.4 Å². The second-order valence-electron chi connectivity index (χ2n) is 3.97. The van der Waals surface area contributed by atoms with Crippen molar-refractivity contribution in [2.45, 2.75) is 19.3 Å². The van der Waals surface area contributed by atoms with Crippen molar-refractivity contribution in [3.8, 4) is 0 Å². The molecule has 0 saturated heterocycles. The Hall–Kier alpha value is -1.78. The summed E-state index contributed by atoms with van der Waals surface area (Å²) in [5.74, 6) is -4.96. The van der Waals surface area contributed by atoms with Crippen molar-refractivity contribution in [3.63, 3.8) is 0 Å². The average molecular weight is 239 g/mol. The first-order valence-electron chi connectivity index (χ1n) is 5.23. The van der Waals surface area contributed by atoms with Gasteiger partial charge in [0.2, 0.25) is 11.7 Å². The number of nitrogens with zero attached hydrogens (tertiary/aromatic N) is 1. The number of benzene rings is 1. The third kappa shape index (κ3) is 1.92. The fourth-order valence-corrected chi connectivity index (χ4v) is 1.91. The first-order valence-corrected chi connectivity index (χ1v) is 5.23. The average Bonchev–Trinajstić information content (AvgIpc) is 2.37. The molecule has 1 aromatic carbocycles. The van der Waals surface area contributed by atoms with Crippen molar-refractivity contribution in [1.29, 1.82) is 0 Å². The number of amides is 1. The molecule has 1 aliphatic rings. The summed E-state index contributed by atoms with van der Waals surface area (Å²) in [7, 11) is 0. The third-order valence-corrected chi connectivity index (χ3v) is 2.80. The minimum Gasteiger partial charge on any atom is -0.312 e. The van der Waals surface area contributed by atoms with Gasteiger partial charge in [0.05, 0.1) is 5.69 Å². The van der Waals surface area contributed by atoms with E-state index in [4.69, 9.17) is 0 Å². The number of para-hydroxylation sites is 1. The molecule has 90 valence electrons. The van der Waals surface area contributed by atoms with E-state index in [0.29, 0.717) is 0 Å². The summed E-state index contributed by atoms with van der Waals surface area (Å²) < 4.78 is 27.0. The van der Waals surface area contributed by atoms with Crippen LogP contribution in [0.15, 0.2) is 24.3 Å². The van der Waals surface area contributed by atoms with Gasteiger partial charge in [0.25, 0.3) is 0 Å². The van der Waals surface area contributed by atoms with E-state index < -0.39 is 18.1 Å². The lowest BCUT2D eigenvalue weighted by Gasteiger charge is -2.20. The minimum absolute atomic E-state index is 0.0924. The van der Waals surface area contributed by atoms with Crippen molar-refractivity contribution in [3.05, 3.63) is 29.8 Å². The Balaban J connectivity index is 2.59. The quantitative estimate of drug-likeness (QED) is 0.696. The van der Waals surface area contributed by atoms with Gasteiger partial charge in [-0.2, -0.15) is 8.78 Å². The van der Waals surface area contributed by atoms with E-state index in [1.165, 1.54) is 30.0 Å². The Bertz CT molecular complexity index is 485. The van der Waals surface area contributed by atoms with Crippen LogP contribution < -0.4 is 4.90 Å². The molecule has 0 spiro atoms. The van der Waals surface area contributed by atoms with Crippen molar-refractivity contribution in [2.24, 2.45) is 0 Å². The van der Waals surface area contributed by atoms with Crippen LogP contribution in [0.25, 0.3) is 0 Å². The number of hydrogen-bond acceptors (Lipinski definition) is 2. The Morgan fingerprint density at radius 3 is 2.65 bits per heavy atom. The zero-order valence-electron chi connectivity index (χ0n) is 9.24. The van der Waals surface area contributed by atoms with Crippen LogP contribution in [0.1, 0.15) is 23.7 Å². The highest BCUT2D eigenvalue weighted by atomic mass is 19.3. The smallest absolute Gasteiger partial charge is 0.311 e. The van der Waals surface area contributed by atoms with E-state index in [2.05, 4.69) is 0 Å². The minimum atomic E-state index is -3.40. The van der Waals surface area contributed by atoms with Gasteiger partial charge in [-0.25, -0.2) is 0 Å². The zero-order chi connectivity index (χ0) is 12.6. The number of alkyl halides is 2. The zero-order valence-corrected chi connectivity index (χ0v) is 9.24. The molecule has 0 radical (unpaired) electrons. The van der Waals surface area contributed by atoms with Gasteiger partial charge in [-0.05, 0) is 12.1 Å². The third-order valence-electron chi connectivity index (χ3n) is 2.80. The van der Waals surface area contributed by atoms with Crippen molar-refractivity contribution < 1.29 is 18.4 Å². The Kier molecular flexibility index (Phi) is 2.69. The second-order valence-corrected chi connectivity index (χ2v) is 3.97. The molecule has 0 saturated carbocycles. The van der Waals surface area contributed by atoms with Crippen LogP contribution in [0.3, 0.4) is 0 Å². The Morgan fingerprint density at radius 1 is 1.35 bits per heavy atom. The maximum atomic E-state index is 13.5. The van der Waals surface area contributed by atoms with E-state index in [1.54, 1.807) is 6.07 Å². The Labute approximate surface area is 97.0 Å². The lowest BCUT2D eigenvalue weighted by atomic mass is 10.0.